The molecule has 1 aliphatic rings. The summed E-state index contributed by atoms with van der Waals surface area (Å²) in [6.07, 6.45) is 1.31. The molecule has 28 heavy (non-hydrogen) atoms. The van der Waals surface area contributed by atoms with Crippen LogP contribution in [0.1, 0.15) is 12.8 Å². The van der Waals surface area contributed by atoms with Crippen LogP contribution in [0.15, 0.2) is 48.5 Å². The van der Waals surface area contributed by atoms with Gasteiger partial charge in [0.1, 0.15) is 11.6 Å². The summed E-state index contributed by atoms with van der Waals surface area (Å²) in [5.41, 5.74) is 0.921. The predicted molar refractivity (Wildman–Crippen MR) is 105 cm³/mol. The second-order valence-electron chi connectivity index (χ2n) is 6.92. The van der Waals surface area contributed by atoms with Crippen molar-refractivity contribution in [1.82, 2.24) is 19.2 Å². The number of β-amino-alcohol motifs (C(OH)–C–C–N with tert-alkyl or cyclic N) is 1. The number of aromatic nitrogens is 3. The molecule has 0 bridgehead atoms. The van der Waals surface area contributed by atoms with Gasteiger partial charge in [-0.1, -0.05) is 30.3 Å². The first-order valence-corrected chi connectivity index (χ1v) is 9.55. The van der Waals surface area contributed by atoms with Crippen molar-refractivity contribution in [2.24, 2.45) is 0 Å². The number of aliphatic hydroxyl groups excluding tert-OH is 1. The van der Waals surface area contributed by atoms with Crippen LogP contribution in [0.2, 0.25) is 0 Å². The van der Waals surface area contributed by atoms with E-state index in [4.69, 9.17) is 12.2 Å². The van der Waals surface area contributed by atoms with E-state index in [0.29, 0.717) is 23.8 Å². The summed E-state index contributed by atoms with van der Waals surface area (Å²) in [4.78, 5) is 2.07. The van der Waals surface area contributed by atoms with Gasteiger partial charge in [0, 0.05) is 24.7 Å². The average Bonchev–Trinajstić information content (AvgIpc) is 2.99. The molecule has 1 aromatic heterocycles. The fourth-order valence-corrected chi connectivity index (χ4v) is 3.79. The van der Waals surface area contributed by atoms with Crippen LogP contribution in [-0.2, 0) is 6.67 Å². The summed E-state index contributed by atoms with van der Waals surface area (Å²) in [5, 5.41) is 14.5. The Bertz CT molecular complexity index is 1030. The van der Waals surface area contributed by atoms with E-state index >= 15 is 0 Å². The van der Waals surface area contributed by atoms with Crippen LogP contribution >= 0.6 is 12.2 Å². The number of nitrogens with zero attached hydrogens (tertiary/aromatic N) is 4. The fourth-order valence-electron chi connectivity index (χ4n) is 3.50. The minimum atomic E-state index is -0.707. The highest BCUT2D eigenvalue weighted by Crippen LogP contribution is 2.25. The Morgan fingerprint density at radius 1 is 1.14 bits per heavy atom. The molecule has 3 aromatic rings. The Morgan fingerprint density at radius 3 is 2.64 bits per heavy atom. The van der Waals surface area contributed by atoms with Gasteiger partial charge in [-0.2, -0.15) is 0 Å². The van der Waals surface area contributed by atoms with Crippen molar-refractivity contribution in [2.45, 2.75) is 25.6 Å². The van der Waals surface area contributed by atoms with Crippen LogP contribution in [0.5, 0.6) is 0 Å². The van der Waals surface area contributed by atoms with Gasteiger partial charge >= 0.3 is 0 Å². The second-order valence-corrected chi connectivity index (χ2v) is 7.28. The average molecular weight is 402 g/mol. The van der Waals surface area contributed by atoms with Gasteiger partial charge in [0.15, 0.2) is 5.82 Å². The van der Waals surface area contributed by atoms with Crippen molar-refractivity contribution in [1.29, 1.82) is 0 Å². The summed E-state index contributed by atoms with van der Waals surface area (Å²) in [7, 11) is 0. The van der Waals surface area contributed by atoms with E-state index in [0.717, 1.165) is 31.0 Å². The van der Waals surface area contributed by atoms with E-state index in [1.165, 1.54) is 16.7 Å². The second kappa shape index (κ2) is 7.90. The molecule has 1 atom stereocenters. The molecule has 2 heterocycles. The lowest BCUT2D eigenvalue weighted by atomic mass is 10.1. The minimum absolute atomic E-state index is 0.148. The maximum atomic E-state index is 14.5. The number of halogens is 2. The lowest BCUT2D eigenvalue weighted by molar-refractivity contribution is 0.0513. The van der Waals surface area contributed by atoms with E-state index in [-0.39, 0.29) is 11.8 Å². The van der Waals surface area contributed by atoms with Crippen LogP contribution in [0, 0.1) is 16.4 Å². The van der Waals surface area contributed by atoms with Gasteiger partial charge in [-0.05, 0) is 37.2 Å². The first kappa shape index (κ1) is 18.9. The molecule has 0 aliphatic carbocycles. The van der Waals surface area contributed by atoms with E-state index in [2.05, 4.69) is 10.00 Å². The van der Waals surface area contributed by atoms with Gasteiger partial charge in [0.05, 0.1) is 18.5 Å². The summed E-state index contributed by atoms with van der Waals surface area (Å²) < 4.78 is 31.4. The normalized spacial score (nSPS) is 17.8. The van der Waals surface area contributed by atoms with Crippen molar-refractivity contribution in [3.05, 3.63) is 64.9 Å². The third-order valence-corrected chi connectivity index (χ3v) is 5.23. The Balaban J connectivity index is 1.81. The molecule has 0 spiro atoms. The van der Waals surface area contributed by atoms with Crippen LogP contribution in [0.25, 0.3) is 17.1 Å². The molecule has 0 amide bonds. The molecule has 5 nitrogen and oxygen atoms in total. The molecule has 1 fully saturated rings. The van der Waals surface area contributed by atoms with Gasteiger partial charge in [-0.15, -0.1) is 5.10 Å². The predicted octanol–water partition coefficient (Wildman–Crippen LogP) is 3.76. The van der Waals surface area contributed by atoms with Gasteiger partial charge < -0.3 is 5.11 Å². The summed E-state index contributed by atoms with van der Waals surface area (Å²) in [6.45, 7) is 1.77. The summed E-state index contributed by atoms with van der Waals surface area (Å²) >= 11 is 5.60. The van der Waals surface area contributed by atoms with E-state index in [9.17, 15) is 13.9 Å². The standard InChI is InChI=1S/C20H20F2N4OS/c21-15-8-9-18(17(22)11-15)26-19(14-5-2-1-3-6-14)23-25(20(26)28)13-24-10-4-7-16(27)12-24/h1-3,5-6,8-9,11,16,27H,4,7,10,12-13H2. The van der Waals surface area contributed by atoms with Crippen LogP contribution < -0.4 is 0 Å². The molecule has 0 radical (unpaired) electrons. The minimum Gasteiger partial charge on any atom is -0.392 e. The highest BCUT2D eigenvalue weighted by atomic mass is 32.1. The summed E-state index contributed by atoms with van der Waals surface area (Å²) in [6, 6.07) is 12.7. The molecule has 1 N–H and O–H groups in total. The van der Waals surface area contributed by atoms with Crippen LogP contribution in [0.4, 0.5) is 8.78 Å². The Morgan fingerprint density at radius 2 is 1.93 bits per heavy atom. The summed E-state index contributed by atoms with van der Waals surface area (Å²) in [5.74, 6) is -0.876. The monoisotopic (exact) mass is 402 g/mol. The van der Waals surface area contributed by atoms with Crippen molar-refractivity contribution in [3.63, 3.8) is 0 Å². The maximum absolute atomic E-state index is 14.5. The molecule has 1 unspecified atom stereocenters. The topological polar surface area (TPSA) is 46.2 Å². The highest BCUT2D eigenvalue weighted by molar-refractivity contribution is 7.71. The molecule has 146 valence electrons. The number of likely N-dealkylation sites (tertiary alicyclic amines) is 1. The smallest absolute Gasteiger partial charge is 0.204 e. The largest absolute Gasteiger partial charge is 0.392 e. The zero-order valence-corrected chi connectivity index (χ0v) is 15.9. The first-order valence-electron chi connectivity index (χ1n) is 9.14. The number of piperidine rings is 1. The van der Waals surface area contributed by atoms with Crippen molar-refractivity contribution >= 4 is 12.2 Å². The van der Waals surface area contributed by atoms with Crippen molar-refractivity contribution in [3.8, 4) is 17.1 Å². The third kappa shape index (κ3) is 3.76. The van der Waals surface area contributed by atoms with Crippen molar-refractivity contribution < 1.29 is 13.9 Å². The maximum Gasteiger partial charge on any atom is 0.204 e. The molecular weight excluding hydrogens is 382 g/mol. The number of rotatable bonds is 4. The Kier molecular flexibility index (Phi) is 5.34. The number of hydrogen-bond acceptors (Lipinski definition) is 4. The van der Waals surface area contributed by atoms with E-state index < -0.39 is 11.6 Å². The molecule has 0 saturated carbocycles. The van der Waals surface area contributed by atoms with Gasteiger partial charge in [-0.25, -0.2) is 13.5 Å². The Labute approximate surface area is 166 Å². The zero-order valence-electron chi connectivity index (χ0n) is 15.1. The van der Waals surface area contributed by atoms with Gasteiger partial charge in [-0.3, -0.25) is 9.47 Å². The van der Waals surface area contributed by atoms with E-state index in [1.807, 2.05) is 30.3 Å². The first-order chi connectivity index (χ1) is 13.5. The SMILES string of the molecule is OC1CCCN(Cn2nc(-c3ccccc3)n(-c3ccc(F)cc3F)c2=S)C1. The molecule has 8 heteroatoms. The fraction of sp³-hybridized carbons (Fsp3) is 0.300. The number of aliphatic hydroxyl groups is 1. The lowest BCUT2D eigenvalue weighted by Gasteiger charge is -2.29. The molecule has 4 rings (SSSR count). The molecule has 1 aliphatic heterocycles. The van der Waals surface area contributed by atoms with Crippen LogP contribution in [0.3, 0.4) is 0 Å². The van der Waals surface area contributed by atoms with Gasteiger partial charge in [0.25, 0.3) is 0 Å². The highest BCUT2D eigenvalue weighted by Gasteiger charge is 2.21. The molecule has 1 saturated heterocycles. The number of benzene rings is 2. The molecule has 2 aromatic carbocycles. The van der Waals surface area contributed by atoms with E-state index in [1.54, 1.807) is 4.68 Å². The lowest BCUT2D eigenvalue weighted by Crippen LogP contribution is -2.39. The quantitative estimate of drug-likeness (QED) is 0.675. The third-order valence-electron chi connectivity index (χ3n) is 4.84. The molecular formula is C20H20F2N4OS. The number of hydrogen-bond donors (Lipinski definition) is 1. The van der Waals surface area contributed by atoms with Crippen LogP contribution in [-0.4, -0.2) is 43.5 Å². The zero-order chi connectivity index (χ0) is 19.7. The van der Waals surface area contributed by atoms with Crippen molar-refractivity contribution in [2.75, 3.05) is 13.1 Å². The van der Waals surface area contributed by atoms with Gasteiger partial charge in [0.2, 0.25) is 4.77 Å². The Hall–Kier alpha value is -2.42.